The van der Waals surface area contributed by atoms with Crippen LogP contribution in [0.3, 0.4) is 0 Å². The first kappa shape index (κ1) is 26.2. The first-order valence-corrected chi connectivity index (χ1v) is 9.73. The van der Waals surface area contributed by atoms with E-state index in [2.05, 4.69) is 10.6 Å². The van der Waals surface area contributed by atoms with Crippen LogP contribution in [0.25, 0.3) is 0 Å². The van der Waals surface area contributed by atoms with Crippen LogP contribution in [0.4, 0.5) is 30.2 Å². The summed E-state index contributed by atoms with van der Waals surface area (Å²) in [5, 5.41) is 27.5. The predicted octanol–water partition coefficient (Wildman–Crippen LogP) is 3.70. The van der Waals surface area contributed by atoms with E-state index in [4.69, 9.17) is 9.47 Å². The van der Waals surface area contributed by atoms with Crippen LogP contribution < -0.4 is 20.1 Å². The molecule has 2 N–H and O–H groups in total. The maximum atomic E-state index is 12.8. The summed E-state index contributed by atoms with van der Waals surface area (Å²) < 4.78 is 48.5. The van der Waals surface area contributed by atoms with Gasteiger partial charge >= 0.3 is 6.18 Å². The van der Waals surface area contributed by atoms with Crippen molar-refractivity contribution in [3.05, 3.63) is 61.7 Å². The van der Waals surface area contributed by atoms with Crippen LogP contribution in [0, 0.1) is 20.2 Å². The summed E-state index contributed by atoms with van der Waals surface area (Å²) in [6, 6.07) is 4.70. The molecule has 0 fully saturated rings. The number of anilines is 1. The second-order valence-corrected chi connectivity index (χ2v) is 6.86. The fraction of sp³-hybridized carbons (Fsp3) is 0.350. The Morgan fingerprint density at radius 1 is 0.971 bits per heavy atom. The standard InChI is InChI=1S/C20H21F3N4O7/c1-33-17-9-12(15(26(29)30)11-18(17)34-2)5-7-25-19(28)6-8-24-14-4-3-13(20(21,22)23)10-16(14)27(31)32/h3-4,9-11,24H,5-8H2,1-2H3,(H,25,28). The molecular formula is C20H21F3N4O7. The highest BCUT2D eigenvalue weighted by molar-refractivity contribution is 5.76. The van der Waals surface area contributed by atoms with Crippen molar-refractivity contribution in [3.8, 4) is 11.5 Å². The minimum absolute atomic E-state index is 0.0512. The van der Waals surface area contributed by atoms with Gasteiger partial charge in [-0.2, -0.15) is 13.2 Å². The highest BCUT2D eigenvalue weighted by atomic mass is 19.4. The highest BCUT2D eigenvalue weighted by Gasteiger charge is 2.33. The summed E-state index contributed by atoms with van der Waals surface area (Å²) in [6.07, 6.45) is -4.77. The van der Waals surface area contributed by atoms with E-state index in [0.717, 1.165) is 6.07 Å². The number of hydrogen-bond acceptors (Lipinski definition) is 8. The average Bonchev–Trinajstić information content (AvgIpc) is 2.77. The molecule has 11 nitrogen and oxygen atoms in total. The van der Waals surface area contributed by atoms with Crippen molar-refractivity contribution in [3.63, 3.8) is 0 Å². The first-order chi connectivity index (χ1) is 16.0. The van der Waals surface area contributed by atoms with Gasteiger partial charge in [0.15, 0.2) is 11.5 Å². The zero-order chi connectivity index (χ0) is 25.5. The third-order valence-electron chi connectivity index (χ3n) is 4.69. The molecule has 0 spiro atoms. The van der Waals surface area contributed by atoms with Gasteiger partial charge in [-0.25, -0.2) is 0 Å². The first-order valence-electron chi connectivity index (χ1n) is 9.73. The Hall–Kier alpha value is -4.10. The van der Waals surface area contributed by atoms with Crippen LogP contribution in [0.2, 0.25) is 0 Å². The Balaban J connectivity index is 1.94. The van der Waals surface area contributed by atoms with E-state index in [1.807, 2.05) is 0 Å². The summed E-state index contributed by atoms with van der Waals surface area (Å²) >= 11 is 0. The number of nitro groups is 2. The van der Waals surface area contributed by atoms with Crippen molar-refractivity contribution in [1.82, 2.24) is 5.32 Å². The van der Waals surface area contributed by atoms with E-state index in [1.165, 1.54) is 26.4 Å². The number of carbonyl (C=O) groups is 1. The Morgan fingerprint density at radius 3 is 2.15 bits per heavy atom. The molecule has 1 amide bonds. The molecule has 2 rings (SSSR count). The Kier molecular flexibility index (Phi) is 8.58. The van der Waals surface area contributed by atoms with E-state index in [1.54, 1.807) is 0 Å². The minimum atomic E-state index is -4.73. The molecule has 0 radical (unpaired) electrons. The van der Waals surface area contributed by atoms with Gasteiger partial charge in [0.2, 0.25) is 5.91 Å². The lowest BCUT2D eigenvalue weighted by Gasteiger charge is -2.12. The molecule has 0 unspecified atom stereocenters. The molecule has 0 saturated heterocycles. The second kappa shape index (κ2) is 11.2. The van der Waals surface area contributed by atoms with Crippen LogP contribution in [0.1, 0.15) is 17.5 Å². The van der Waals surface area contributed by atoms with Gasteiger partial charge in [0.05, 0.1) is 35.7 Å². The number of halogens is 3. The Morgan fingerprint density at radius 2 is 1.59 bits per heavy atom. The number of nitrogens with one attached hydrogen (secondary N) is 2. The minimum Gasteiger partial charge on any atom is -0.493 e. The lowest BCUT2D eigenvalue weighted by atomic mass is 10.1. The van der Waals surface area contributed by atoms with Gasteiger partial charge in [-0.15, -0.1) is 0 Å². The number of alkyl halides is 3. The molecule has 0 saturated carbocycles. The van der Waals surface area contributed by atoms with E-state index < -0.39 is 33.2 Å². The SMILES string of the molecule is COc1cc(CCNC(=O)CCNc2ccc(C(F)(F)F)cc2[N+](=O)[O-])c([N+](=O)[O-])cc1OC. The maximum Gasteiger partial charge on any atom is 0.416 e. The van der Waals surface area contributed by atoms with Crippen LogP contribution in [0.5, 0.6) is 11.5 Å². The third-order valence-corrected chi connectivity index (χ3v) is 4.69. The summed E-state index contributed by atoms with van der Waals surface area (Å²) in [5.41, 5.74) is -1.99. The maximum absolute atomic E-state index is 12.8. The molecule has 2 aromatic carbocycles. The molecular weight excluding hydrogens is 465 g/mol. The van der Waals surface area contributed by atoms with Crippen LogP contribution >= 0.6 is 0 Å². The smallest absolute Gasteiger partial charge is 0.416 e. The van der Waals surface area contributed by atoms with Gasteiger partial charge in [0, 0.05) is 31.1 Å². The Labute approximate surface area is 191 Å². The van der Waals surface area contributed by atoms with Crippen molar-refractivity contribution in [2.45, 2.75) is 19.0 Å². The average molecular weight is 486 g/mol. The number of ether oxygens (including phenoxy) is 2. The zero-order valence-corrected chi connectivity index (χ0v) is 18.1. The van der Waals surface area contributed by atoms with Crippen molar-refractivity contribution >= 4 is 23.0 Å². The molecule has 0 heterocycles. The fourth-order valence-electron chi connectivity index (χ4n) is 3.02. The molecule has 2 aromatic rings. The van der Waals surface area contributed by atoms with E-state index in [0.29, 0.717) is 17.7 Å². The topological polar surface area (TPSA) is 146 Å². The van der Waals surface area contributed by atoms with Gasteiger partial charge in [0.25, 0.3) is 11.4 Å². The summed E-state index contributed by atoms with van der Waals surface area (Å²) in [4.78, 5) is 32.9. The van der Waals surface area contributed by atoms with Crippen LogP contribution in [0.15, 0.2) is 30.3 Å². The second-order valence-electron chi connectivity index (χ2n) is 6.86. The largest absolute Gasteiger partial charge is 0.493 e. The highest BCUT2D eigenvalue weighted by Crippen LogP contribution is 2.35. The van der Waals surface area contributed by atoms with Gasteiger partial charge in [-0.05, 0) is 24.6 Å². The molecule has 0 aliphatic heterocycles. The number of amides is 1. The van der Waals surface area contributed by atoms with Crippen molar-refractivity contribution in [2.24, 2.45) is 0 Å². The monoisotopic (exact) mass is 486 g/mol. The molecule has 0 aliphatic rings. The van der Waals surface area contributed by atoms with E-state index >= 15 is 0 Å². The number of nitrogens with zero attached hydrogens (tertiary/aromatic N) is 2. The number of nitro benzene ring substituents is 2. The Bertz CT molecular complexity index is 1080. The zero-order valence-electron chi connectivity index (χ0n) is 18.1. The fourth-order valence-corrected chi connectivity index (χ4v) is 3.02. The summed E-state index contributed by atoms with van der Waals surface area (Å²) in [5.74, 6) is 0.00683. The molecule has 0 aliphatic carbocycles. The lowest BCUT2D eigenvalue weighted by molar-refractivity contribution is -0.385. The number of rotatable bonds is 11. The van der Waals surface area contributed by atoms with Gasteiger partial charge in [-0.3, -0.25) is 25.0 Å². The molecule has 0 atom stereocenters. The van der Waals surface area contributed by atoms with Crippen LogP contribution in [-0.2, 0) is 17.4 Å². The quantitative estimate of drug-likeness (QED) is 0.361. The molecule has 0 bridgehead atoms. The molecule has 0 aromatic heterocycles. The molecule has 184 valence electrons. The van der Waals surface area contributed by atoms with Gasteiger partial charge < -0.3 is 20.1 Å². The van der Waals surface area contributed by atoms with Crippen molar-refractivity contribution in [1.29, 1.82) is 0 Å². The van der Waals surface area contributed by atoms with Crippen LogP contribution in [-0.4, -0.2) is 43.1 Å². The van der Waals surface area contributed by atoms with Gasteiger partial charge in [0.1, 0.15) is 5.69 Å². The number of carbonyl (C=O) groups excluding carboxylic acids is 1. The van der Waals surface area contributed by atoms with E-state index in [-0.39, 0.29) is 48.8 Å². The third kappa shape index (κ3) is 6.70. The van der Waals surface area contributed by atoms with Crippen molar-refractivity contribution in [2.75, 3.05) is 32.6 Å². The number of methoxy groups -OCH3 is 2. The normalized spacial score (nSPS) is 11.0. The lowest BCUT2D eigenvalue weighted by Crippen LogP contribution is -2.27. The van der Waals surface area contributed by atoms with Gasteiger partial charge in [-0.1, -0.05) is 0 Å². The number of hydrogen-bond donors (Lipinski definition) is 2. The predicted molar refractivity (Wildman–Crippen MR) is 114 cm³/mol. The summed E-state index contributed by atoms with van der Waals surface area (Å²) in [6.45, 7) is -0.0376. The van der Waals surface area contributed by atoms with Crippen molar-refractivity contribution < 1.29 is 37.3 Å². The van der Waals surface area contributed by atoms with E-state index in [9.17, 15) is 38.2 Å². The summed E-state index contributed by atoms with van der Waals surface area (Å²) in [7, 11) is 2.72. The molecule has 14 heteroatoms. The number of benzene rings is 2. The molecule has 34 heavy (non-hydrogen) atoms.